The monoisotopic (exact) mass is 380 g/mol. The summed E-state index contributed by atoms with van der Waals surface area (Å²) >= 11 is 0. The molecule has 0 bridgehead atoms. The fourth-order valence-corrected chi connectivity index (χ4v) is 1.88. The number of esters is 2. The Morgan fingerprint density at radius 2 is 2.04 bits per heavy atom. The van der Waals surface area contributed by atoms with E-state index < -0.39 is 24.1 Å². The fourth-order valence-electron chi connectivity index (χ4n) is 1.88. The van der Waals surface area contributed by atoms with Crippen LogP contribution in [0.1, 0.15) is 37.0 Å². The van der Waals surface area contributed by atoms with E-state index in [-0.39, 0.29) is 18.8 Å². The highest BCUT2D eigenvalue weighted by atomic mass is 16.5. The highest BCUT2D eigenvalue weighted by Crippen LogP contribution is 2.22. The molecule has 1 aromatic carbocycles. The summed E-state index contributed by atoms with van der Waals surface area (Å²) in [5.74, 6) is 1.47. The Labute approximate surface area is 158 Å². The Kier molecular flexibility index (Phi) is 11.7. The van der Waals surface area contributed by atoms with Crippen LogP contribution in [-0.4, -0.2) is 54.4 Å². The molecule has 2 unspecified atom stereocenters. The van der Waals surface area contributed by atoms with E-state index >= 15 is 0 Å². The summed E-state index contributed by atoms with van der Waals surface area (Å²) in [6, 6.07) is 4.22. The predicted molar refractivity (Wildman–Crippen MR) is 96.3 cm³/mol. The summed E-state index contributed by atoms with van der Waals surface area (Å²) in [5.41, 5.74) is 0.369. The SMILES string of the molecule is C#CCOc1cc(O)ccc1C=O.CCC(CC(O)C(=O)OC)OC(C)=O. The van der Waals surface area contributed by atoms with Gasteiger partial charge in [0.05, 0.1) is 12.7 Å². The lowest BCUT2D eigenvalue weighted by Gasteiger charge is -2.17. The van der Waals surface area contributed by atoms with Crippen LogP contribution in [0.15, 0.2) is 18.2 Å². The minimum Gasteiger partial charge on any atom is -0.508 e. The Balaban J connectivity index is 0.000000501. The molecule has 8 heteroatoms. The number of carbonyl (C=O) groups is 3. The van der Waals surface area contributed by atoms with Crippen molar-refractivity contribution >= 4 is 18.2 Å². The molecule has 0 saturated heterocycles. The molecule has 1 rings (SSSR count). The Bertz CT molecular complexity index is 662. The van der Waals surface area contributed by atoms with Gasteiger partial charge in [-0.15, -0.1) is 6.42 Å². The topological polar surface area (TPSA) is 119 Å². The van der Waals surface area contributed by atoms with Crippen LogP contribution in [0.5, 0.6) is 11.5 Å². The minimum atomic E-state index is -1.23. The van der Waals surface area contributed by atoms with E-state index in [0.29, 0.717) is 24.0 Å². The Morgan fingerprint density at radius 3 is 2.52 bits per heavy atom. The lowest BCUT2D eigenvalue weighted by atomic mass is 10.1. The van der Waals surface area contributed by atoms with Gasteiger partial charge in [-0.25, -0.2) is 4.79 Å². The third-order valence-corrected chi connectivity index (χ3v) is 3.18. The Hall–Kier alpha value is -3.05. The van der Waals surface area contributed by atoms with Crippen LogP contribution >= 0.6 is 0 Å². The normalized spacial score (nSPS) is 11.7. The van der Waals surface area contributed by atoms with Crippen LogP contribution in [0.3, 0.4) is 0 Å². The summed E-state index contributed by atoms with van der Waals surface area (Å²) in [6.45, 7) is 3.16. The van der Waals surface area contributed by atoms with E-state index in [2.05, 4.69) is 10.7 Å². The van der Waals surface area contributed by atoms with Gasteiger partial charge in [0.2, 0.25) is 0 Å². The minimum absolute atomic E-state index is 0.0395. The number of aromatic hydroxyl groups is 1. The Morgan fingerprint density at radius 1 is 1.37 bits per heavy atom. The molecule has 0 fully saturated rings. The zero-order valence-corrected chi connectivity index (χ0v) is 15.5. The number of phenols is 1. The van der Waals surface area contributed by atoms with E-state index in [1.165, 1.54) is 32.2 Å². The van der Waals surface area contributed by atoms with Crippen molar-refractivity contribution < 1.29 is 38.8 Å². The van der Waals surface area contributed by atoms with Crippen LogP contribution in [0.4, 0.5) is 0 Å². The zero-order chi connectivity index (χ0) is 20.8. The van der Waals surface area contributed by atoms with Crippen molar-refractivity contribution in [3.63, 3.8) is 0 Å². The molecule has 0 saturated carbocycles. The summed E-state index contributed by atoms with van der Waals surface area (Å²) in [5, 5.41) is 18.4. The maximum Gasteiger partial charge on any atom is 0.334 e. The quantitative estimate of drug-likeness (QED) is 0.395. The number of rotatable bonds is 8. The second kappa shape index (κ2) is 13.2. The number of terminal acetylenes is 1. The fraction of sp³-hybridized carbons (Fsp3) is 0.421. The van der Waals surface area contributed by atoms with E-state index in [0.717, 1.165) is 0 Å². The third kappa shape index (κ3) is 9.87. The van der Waals surface area contributed by atoms with E-state index in [4.69, 9.17) is 21.0 Å². The molecule has 0 aliphatic rings. The number of phenolic OH excluding ortho intramolecular Hbond substituents is 1. The van der Waals surface area contributed by atoms with Gasteiger partial charge in [0.1, 0.15) is 24.2 Å². The third-order valence-electron chi connectivity index (χ3n) is 3.18. The lowest BCUT2D eigenvalue weighted by Crippen LogP contribution is -2.29. The van der Waals surface area contributed by atoms with E-state index in [1.807, 2.05) is 0 Å². The van der Waals surface area contributed by atoms with Crippen molar-refractivity contribution in [2.24, 2.45) is 0 Å². The van der Waals surface area contributed by atoms with Crippen LogP contribution in [0.25, 0.3) is 0 Å². The molecule has 2 atom stereocenters. The molecular weight excluding hydrogens is 356 g/mol. The highest BCUT2D eigenvalue weighted by molar-refractivity contribution is 5.79. The molecule has 0 aromatic heterocycles. The van der Waals surface area contributed by atoms with Gasteiger partial charge in [0.15, 0.2) is 12.4 Å². The van der Waals surface area contributed by atoms with Crippen molar-refractivity contribution in [2.75, 3.05) is 13.7 Å². The first kappa shape index (κ1) is 23.9. The van der Waals surface area contributed by atoms with Crippen molar-refractivity contribution in [3.05, 3.63) is 23.8 Å². The van der Waals surface area contributed by atoms with Crippen molar-refractivity contribution in [3.8, 4) is 23.8 Å². The number of aliphatic hydroxyl groups is 1. The van der Waals surface area contributed by atoms with Crippen molar-refractivity contribution in [1.82, 2.24) is 0 Å². The predicted octanol–water partition coefficient (Wildman–Crippen LogP) is 1.47. The van der Waals surface area contributed by atoms with Crippen LogP contribution < -0.4 is 4.74 Å². The smallest absolute Gasteiger partial charge is 0.334 e. The largest absolute Gasteiger partial charge is 0.508 e. The van der Waals surface area contributed by atoms with Gasteiger partial charge >= 0.3 is 11.9 Å². The average molecular weight is 380 g/mol. The van der Waals surface area contributed by atoms with Gasteiger partial charge in [-0.05, 0) is 18.6 Å². The zero-order valence-electron chi connectivity index (χ0n) is 15.5. The second-order valence-corrected chi connectivity index (χ2v) is 5.25. The second-order valence-electron chi connectivity index (χ2n) is 5.25. The average Bonchev–Trinajstić information content (AvgIpc) is 2.65. The maximum atomic E-state index is 10.8. The number of ether oxygens (including phenoxy) is 3. The van der Waals surface area contributed by atoms with Gasteiger partial charge in [0, 0.05) is 19.4 Å². The van der Waals surface area contributed by atoms with E-state index in [1.54, 1.807) is 6.92 Å². The maximum absolute atomic E-state index is 10.8. The number of benzene rings is 1. The van der Waals surface area contributed by atoms with Gasteiger partial charge < -0.3 is 24.4 Å². The van der Waals surface area contributed by atoms with Gasteiger partial charge in [-0.1, -0.05) is 12.8 Å². The number of hydrogen-bond donors (Lipinski definition) is 2. The van der Waals surface area contributed by atoms with Gasteiger partial charge in [-0.2, -0.15) is 0 Å². The molecule has 148 valence electrons. The first-order chi connectivity index (χ1) is 12.8. The lowest BCUT2D eigenvalue weighted by molar-refractivity contribution is -0.157. The number of hydrogen-bond acceptors (Lipinski definition) is 8. The molecule has 0 radical (unpaired) electrons. The molecule has 1 aromatic rings. The highest BCUT2D eigenvalue weighted by Gasteiger charge is 2.21. The molecule has 0 spiro atoms. The molecule has 27 heavy (non-hydrogen) atoms. The van der Waals surface area contributed by atoms with Crippen molar-refractivity contribution in [2.45, 2.75) is 38.9 Å². The number of methoxy groups -OCH3 is 1. The first-order valence-electron chi connectivity index (χ1n) is 8.06. The van der Waals surface area contributed by atoms with Crippen LogP contribution in [0.2, 0.25) is 0 Å². The van der Waals surface area contributed by atoms with Gasteiger partial charge in [-0.3, -0.25) is 9.59 Å². The van der Waals surface area contributed by atoms with Crippen molar-refractivity contribution in [1.29, 1.82) is 0 Å². The molecule has 0 amide bonds. The molecular formula is C19H24O8. The van der Waals surface area contributed by atoms with Crippen LogP contribution in [-0.2, 0) is 19.1 Å². The first-order valence-corrected chi connectivity index (χ1v) is 8.06. The molecule has 0 heterocycles. The summed E-state index contributed by atoms with van der Waals surface area (Å²) < 4.78 is 14.2. The molecule has 8 nitrogen and oxygen atoms in total. The summed E-state index contributed by atoms with van der Waals surface area (Å²) in [7, 11) is 1.19. The van der Waals surface area contributed by atoms with E-state index in [9.17, 15) is 19.5 Å². The summed E-state index contributed by atoms with van der Waals surface area (Å²) in [4.78, 5) is 31.9. The number of aliphatic hydroxyl groups excluding tert-OH is 1. The standard InChI is InChI=1S/C10H8O3.C9H16O5/c1-2-5-13-10-6-9(12)4-3-8(10)7-11;1-4-7(14-6(2)10)5-8(11)9(12)13-3/h1,3-4,6-7,12H,5H2;7-8,11H,4-5H2,1-3H3. The number of aldehydes is 1. The summed E-state index contributed by atoms with van der Waals surface area (Å²) in [6.07, 6.45) is 4.57. The number of carbonyl (C=O) groups excluding carboxylic acids is 3. The molecule has 2 N–H and O–H groups in total. The van der Waals surface area contributed by atoms with Gasteiger partial charge in [0.25, 0.3) is 0 Å². The van der Waals surface area contributed by atoms with Crippen LogP contribution in [0, 0.1) is 12.3 Å². The molecule has 0 aliphatic carbocycles. The molecule has 0 aliphatic heterocycles.